The summed E-state index contributed by atoms with van der Waals surface area (Å²) in [7, 11) is 0. The van der Waals surface area contributed by atoms with E-state index in [0.717, 1.165) is 17.1 Å². The highest BCUT2D eigenvalue weighted by Gasteiger charge is 2.33. The quantitative estimate of drug-likeness (QED) is 0.215. The summed E-state index contributed by atoms with van der Waals surface area (Å²) in [5.74, 6) is -4.75. The molecule has 11 heteroatoms. The Morgan fingerprint density at radius 1 is 0.767 bits per heavy atom. The summed E-state index contributed by atoms with van der Waals surface area (Å²) in [5, 5.41) is 29.6. The maximum absolute atomic E-state index is 12.4. The molecule has 0 atom stereocenters. The lowest BCUT2D eigenvalue weighted by atomic mass is 9.83. The highest BCUT2D eigenvalue weighted by atomic mass is 16.4. The number of amides is 3. The summed E-state index contributed by atoms with van der Waals surface area (Å²) in [4.78, 5) is 69.4. The topological polar surface area (TPSA) is 178 Å². The Bertz CT molecular complexity index is 666. The summed E-state index contributed by atoms with van der Waals surface area (Å²) in [6, 6.07) is 0. The van der Waals surface area contributed by atoms with Gasteiger partial charge in [-0.1, -0.05) is 0 Å². The Morgan fingerprint density at radius 3 is 1.60 bits per heavy atom. The molecule has 0 bridgehead atoms. The molecule has 0 aromatic rings. The van der Waals surface area contributed by atoms with Gasteiger partial charge in [-0.25, -0.2) is 0 Å². The van der Waals surface area contributed by atoms with Gasteiger partial charge in [-0.3, -0.25) is 33.7 Å². The van der Waals surface area contributed by atoms with Gasteiger partial charge in [0.05, 0.1) is 0 Å². The summed E-state index contributed by atoms with van der Waals surface area (Å²) in [6.45, 7) is 0.153. The highest BCUT2D eigenvalue weighted by molar-refractivity contribution is 6.12. The molecule has 0 saturated heterocycles. The van der Waals surface area contributed by atoms with Gasteiger partial charge in [-0.15, -0.1) is 0 Å². The Hall–Kier alpha value is -3.24. The predicted octanol–water partition coefficient (Wildman–Crippen LogP) is 0.531. The smallest absolute Gasteiger partial charge is 0.303 e. The molecule has 0 fully saturated rings. The fraction of sp³-hybridized carbons (Fsp3) is 0.579. The van der Waals surface area contributed by atoms with Crippen molar-refractivity contribution in [3.05, 3.63) is 12.2 Å². The molecule has 0 spiro atoms. The SMILES string of the molecule is O=C(O)CCC(CCC(=O)O)(CCC(=O)O)NC(=O)CCCCN1C(=O)C=CC1=O. The first-order valence-electron chi connectivity index (χ1n) is 9.54. The van der Waals surface area contributed by atoms with Crippen LogP contribution in [0.2, 0.25) is 0 Å². The molecular weight excluding hydrogens is 400 g/mol. The molecule has 0 aliphatic carbocycles. The van der Waals surface area contributed by atoms with Gasteiger partial charge in [0.15, 0.2) is 0 Å². The van der Waals surface area contributed by atoms with Crippen LogP contribution in [0.3, 0.4) is 0 Å². The van der Waals surface area contributed by atoms with E-state index in [9.17, 15) is 28.8 Å². The van der Waals surface area contributed by atoms with E-state index in [0.29, 0.717) is 12.8 Å². The van der Waals surface area contributed by atoms with Crippen molar-refractivity contribution >= 4 is 35.6 Å². The molecule has 0 unspecified atom stereocenters. The first-order chi connectivity index (χ1) is 14.0. The molecule has 0 aromatic heterocycles. The van der Waals surface area contributed by atoms with Crippen LogP contribution in [0.5, 0.6) is 0 Å². The molecule has 1 heterocycles. The average Bonchev–Trinajstić information content (AvgIpc) is 2.98. The van der Waals surface area contributed by atoms with Crippen LogP contribution in [-0.4, -0.2) is 67.9 Å². The molecule has 11 nitrogen and oxygen atoms in total. The highest BCUT2D eigenvalue weighted by Crippen LogP contribution is 2.26. The number of unbranched alkanes of at least 4 members (excludes halogenated alkanes) is 1. The summed E-state index contributed by atoms with van der Waals surface area (Å²) in [5.41, 5.74) is -1.27. The van der Waals surface area contributed by atoms with Crippen LogP contribution in [-0.2, 0) is 28.8 Å². The number of carbonyl (C=O) groups excluding carboxylic acids is 3. The van der Waals surface area contributed by atoms with Gasteiger partial charge in [0.1, 0.15) is 0 Å². The first kappa shape index (κ1) is 24.8. The molecule has 3 amide bonds. The third kappa shape index (κ3) is 8.84. The summed E-state index contributed by atoms with van der Waals surface area (Å²) >= 11 is 0. The number of rotatable bonds is 15. The fourth-order valence-corrected chi connectivity index (χ4v) is 3.17. The maximum Gasteiger partial charge on any atom is 0.303 e. The van der Waals surface area contributed by atoms with E-state index in [1.54, 1.807) is 0 Å². The second-order valence-corrected chi connectivity index (χ2v) is 7.13. The third-order valence-electron chi connectivity index (χ3n) is 4.79. The zero-order valence-corrected chi connectivity index (χ0v) is 16.5. The number of hydrogen-bond donors (Lipinski definition) is 4. The molecule has 166 valence electrons. The lowest BCUT2D eigenvalue weighted by molar-refractivity contribution is -0.140. The van der Waals surface area contributed by atoms with Crippen molar-refractivity contribution in [3.8, 4) is 0 Å². The third-order valence-corrected chi connectivity index (χ3v) is 4.79. The normalized spacial score (nSPS) is 13.5. The predicted molar refractivity (Wildman–Crippen MR) is 101 cm³/mol. The van der Waals surface area contributed by atoms with Gasteiger partial charge >= 0.3 is 17.9 Å². The zero-order valence-electron chi connectivity index (χ0n) is 16.5. The number of carboxylic acid groups (broad SMARTS) is 3. The minimum Gasteiger partial charge on any atom is -0.481 e. The van der Waals surface area contributed by atoms with Crippen LogP contribution in [0.1, 0.15) is 57.8 Å². The fourth-order valence-electron chi connectivity index (χ4n) is 3.17. The average molecular weight is 426 g/mol. The molecule has 0 aromatic carbocycles. The van der Waals surface area contributed by atoms with E-state index < -0.39 is 41.2 Å². The van der Waals surface area contributed by atoms with Crippen LogP contribution in [0, 0.1) is 0 Å². The van der Waals surface area contributed by atoms with E-state index in [2.05, 4.69) is 5.32 Å². The summed E-state index contributed by atoms with van der Waals surface area (Å²) in [6.07, 6.45) is 1.66. The van der Waals surface area contributed by atoms with Crippen molar-refractivity contribution in [1.29, 1.82) is 0 Å². The van der Waals surface area contributed by atoms with E-state index in [4.69, 9.17) is 15.3 Å². The van der Waals surface area contributed by atoms with Gasteiger partial charge in [0.25, 0.3) is 11.8 Å². The molecule has 0 saturated carbocycles. The number of hydrogen-bond acceptors (Lipinski definition) is 6. The monoisotopic (exact) mass is 426 g/mol. The van der Waals surface area contributed by atoms with Crippen molar-refractivity contribution in [3.63, 3.8) is 0 Å². The molecule has 0 radical (unpaired) electrons. The van der Waals surface area contributed by atoms with E-state index in [-0.39, 0.29) is 51.5 Å². The van der Waals surface area contributed by atoms with Crippen molar-refractivity contribution in [2.24, 2.45) is 0 Å². The van der Waals surface area contributed by atoms with E-state index >= 15 is 0 Å². The van der Waals surface area contributed by atoms with Crippen molar-refractivity contribution in [2.45, 2.75) is 63.3 Å². The van der Waals surface area contributed by atoms with Crippen LogP contribution < -0.4 is 5.32 Å². The number of nitrogens with zero attached hydrogens (tertiary/aromatic N) is 1. The van der Waals surface area contributed by atoms with Gasteiger partial charge in [-0.2, -0.15) is 0 Å². The van der Waals surface area contributed by atoms with Gasteiger partial charge in [0, 0.05) is 49.9 Å². The largest absolute Gasteiger partial charge is 0.481 e. The summed E-state index contributed by atoms with van der Waals surface area (Å²) < 4.78 is 0. The number of aliphatic carboxylic acids is 3. The number of carboxylic acids is 3. The van der Waals surface area contributed by atoms with Crippen LogP contribution in [0.15, 0.2) is 12.2 Å². The molecule has 1 rings (SSSR count). The van der Waals surface area contributed by atoms with Crippen molar-refractivity contribution in [1.82, 2.24) is 10.2 Å². The van der Waals surface area contributed by atoms with Gasteiger partial charge in [0.2, 0.25) is 5.91 Å². The molecule has 1 aliphatic heterocycles. The zero-order chi connectivity index (χ0) is 22.7. The number of carbonyl (C=O) groups is 6. The van der Waals surface area contributed by atoms with Gasteiger partial charge in [-0.05, 0) is 32.1 Å². The Labute approximate surface area is 172 Å². The molecule has 1 aliphatic rings. The Balaban J connectivity index is 2.68. The Kier molecular flexibility index (Phi) is 9.66. The number of imide groups is 1. The van der Waals surface area contributed by atoms with Gasteiger partial charge < -0.3 is 20.6 Å². The lowest BCUT2D eigenvalue weighted by Crippen LogP contribution is -2.49. The molecule has 30 heavy (non-hydrogen) atoms. The van der Waals surface area contributed by atoms with Crippen LogP contribution >= 0.6 is 0 Å². The van der Waals surface area contributed by atoms with Crippen LogP contribution in [0.4, 0.5) is 0 Å². The van der Waals surface area contributed by atoms with Crippen molar-refractivity contribution in [2.75, 3.05) is 6.54 Å². The minimum absolute atomic E-state index is 0.00138. The maximum atomic E-state index is 12.4. The molecular formula is C19H26N2O9. The minimum atomic E-state index is -1.27. The van der Waals surface area contributed by atoms with E-state index in [1.807, 2.05) is 0 Å². The second kappa shape index (κ2) is 11.7. The molecule has 4 N–H and O–H groups in total. The van der Waals surface area contributed by atoms with E-state index in [1.165, 1.54) is 0 Å². The lowest BCUT2D eigenvalue weighted by Gasteiger charge is -2.34. The van der Waals surface area contributed by atoms with Crippen LogP contribution in [0.25, 0.3) is 0 Å². The van der Waals surface area contributed by atoms with Crippen molar-refractivity contribution < 1.29 is 44.1 Å². The number of nitrogens with one attached hydrogen (secondary N) is 1. The first-order valence-corrected chi connectivity index (χ1v) is 9.54. The second-order valence-electron chi connectivity index (χ2n) is 7.13. The standard InChI is InChI=1S/C19H26N2O9/c22-13(3-1-2-12-21-14(23)4-5-15(21)24)20-19(9-6-16(25)26,10-7-17(27)28)11-8-18(29)30/h4-5H,1-3,6-12H2,(H,20,22)(H,25,26)(H,27,28)(H,29,30). The Morgan fingerprint density at radius 2 is 1.20 bits per heavy atom.